The molecular formula is C16H33ClN2O3. The van der Waals surface area contributed by atoms with Crippen molar-refractivity contribution >= 4 is 18.3 Å². The number of ether oxygens (including phenoxy) is 2. The van der Waals surface area contributed by atoms with Crippen molar-refractivity contribution in [2.75, 3.05) is 40.5 Å². The molecule has 0 aromatic carbocycles. The number of amides is 1. The topological polar surface area (TPSA) is 50.8 Å². The number of hydrogen-bond acceptors (Lipinski definition) is 4. The lowest BCUT2D eigenvalue weighted by molar-refractivity contribution is -0.164. The third-order valence-corrected chi connectivity index (χ3v) is 4.56. The van der Waals surface area contributed by atoms with Gasteiger partial charge in [-0.1, -0.05) is 27.2 Å². The molecule has 0 heterocycles. The number of methoxy groups -OCH3 is 1. The number of carbonyl (C=O) groups excluding carboxylic acids is 1. The lowest BCUT2D eigenvalue weighted by atomic mass is 9.64. The molecule has 0 spiro atoms. The highest BCUT2D eigenvalue weighted by molar-refractivity contribution is 5.85. The number of unbranched alkanes of at least 4 members (excludes halogenated alkanes) is 1. The highest BCUT2D eigenvalue weighted by atomic mass is 35.5. The van der Waals surface area contributed by atoms with Gasteiger partial charge in [0.2, 0.25) is 5.91 Å². The monoisotopic (exact) mass is 336 g/mol. The van der Waals surface area contributed by atoms with Gasteiger partial charge in [0.05, 0.1) is 19.3 Å². The minimum absolute atomic E-state index is 0. The summed E-state index contributed by atoms with van der Waals surface area (Å²) in [6.07, 6.45) is 3.47. The van der Waals surface area contributed by atoms with Crippen molar-refractivity contribution in [3.05, 3.63) is 0 Å². The highest BCUT2D eigenvalue weighted by Crippen LogP contribution is 2.45. The van der Waals surface area contributed by atoms with Crippen molar-refractivity contribution in [3.63, 3.8) is 0 Å². The second-order valence-corrected chi connectivity index (χ2v) is 6.46. The molecule has 1 rings (SSSR count). The third-order valence-electron chi connectivity index (χ3n) is 4.56. The van der Waals surface area contributed by atoms with E-state index in [0.717, 1.165) is 25.9 Å². The van der Waals surface area contributed by atoms with E-state index in [9.17, 15) is 4.79 Å². The van der Waals surface area contributed by atoms with Crippen LogP contribution in [0.1, 0.15) is 40.0 Å². The van der Waals surface area contributed by atoms with E-state index in [1.165, 1.54) is 0 Å². The molecular weight excluding hydrogens is 304 g/mol. The normalized spacial score (nSPS) is 22.6. The Morgan fingerprint density at radius 2 is 2.05 bits per heavy atom. The van der Waals surface area contributed by atoms with E-state index >= 15 is 0 Å². The molecule has 0 aliphatic heterocycles. The Labute approximate surface area is 141 Å². The van der Waals surface area contributed by atoms with Gasteiger partial charge in [0.25, 0.3) is 0 Å². The number of halogens is 1. The van der Waals surface area contributed by atoms with Gasteiger partial charge < -0.3 is 19.7 Å². The molecule has 1 N–H and O–H groups in total. The molecule has 1 amide bonds. The summed E-state index contributed by atoms with van der Waals surface area (Å²) < 4.78 is 10.9. The maximum absolute atomic E-state index is 12.2. The zero-order valence-corrected chi connectivity index (χ0v) is 15.5. The predicted molar refractivity (Wildman–Crippen MR) is 91.6 cm³/mol. The van der Waals surface area contributed by atoms with Gasteiger partial charge in [0, 0.05) is 38.8 Å². The molecule has 1 aliphatic carbocycles. The summed E-state index contributed by atoms with van der Waals surface area (Å²) >= 11 is 0. The van der Waals surface area contributed by atoms with Crippen molar-refractivity contribution in [3.8, 4) is 0 Å². The fraction of sp³-hybridized carbons (Fsp3) is 0.938. The van der Waals surface area contributed by atoms with Crippen LogP contribution in [0.4, 0.5) is 0 Å². The molecule has 22 heavy (non-hydrogen) atoms. The van der Waals surface area contributed by atoms with E-state index in [1.54, 1.807) is 7.11 Å². The molecule has 0 radical (unpaired) electrons. The molecule has 0 aromatic heterocycles. The van der Waals surface area contributed by atoms with Crippen LogP contribution in [0, 0.1) is 5.41 Å². The summed E-state index contributed by atoms with van der Waals surface area (Å²) in [6.45, 7) is 9.08. The molecule has 1 fully saturated rings. The van der Waals surface area contributed by atoms with E-state index in [0.29, 0.717) is 19.7 Å². The van der Waals surface area contributed by atoms with Gasteiger partial charge in [-0.05, 0) is 12.8 Å². The quantitative estimate of drug-likeness (QED) is 0.621. The van der Waals surface area contributed by atoms with Crippen molar-refractivity contribution in [2.24, 2.45) is 5.41 Å². The van der Waals surface area contributed by atoms with Crippen molar-refractivity contribution in [1.82, 2.24) is 10.2 Å². The molecule has 132 valence electrons. The van der Waals surface area contributed by atoms with E-state index in [4.69, 9.17) is 9.47 Å². The number of nitrogens with one attached hydrogen (secondary N) is 1. The van der Waals surface area contributed by atoms with Crippen LogP contribution in [0.3, 0.4) is 0 Å². The first kappa shape index (κ1) is 21.6. The van der Waals surface area contributed by atoms with Gasteiger partial charge in [-0.2, -0.15) is 0 Å². The van der Waals surface area contributed by atoms with Crippen LogP contribution in [0.2, 0.25) is 0 Å². The second-order valence-electron chi connectivity index (χ2n) is 6.46. The van der Waals surface area contributed by atoms with Gasteiger partial charge in [0.1, 0.15) is 0 Å². The van der Waals surface area contributed by atoms with E-state index in [2.05, 4.69) is 26.1 Å². The summed E-state index contributed by atoms with van der Waals surface area (Å²) in [7, 11) is 3.56. The van der Waals surface area contributed by atoms with Crippen LogP contribution in [0.25, 0.3) is 0 Å². The second kappa shape index (κ2) is 10.4. The molecule has 6 heteroatoms. The van der Waals surface area contributed by atoms with E-state index < -0.39 is 0 Å². The summed E-state index contributed by atoms with van der Waals surface area (Å²) in [4.78, 5) is 14.1. The zero-order valence-electron chi connectivity index (χ0n) is 14.7. The Morgan fingerprint density at radius 3 is 2.59 bits per heavy atom. The Hall–Kier alpha value is -0.360. The molecule has 1 saturated carbocycles. The molecule has 5 nitrogen and oxygen atoms in total. The SMILES string of the molecule is CCCCOC1CC(N(C)C(=O)CNCCOC)C1(C)C.Cl. The first-order valence-electron chi connectivity index (χ1n) is 8.02. The van der Waals surface area contributed by atoms with Crippen LogP contribution in [-0.4, -0.2) is 63.4 Å². The Kier molecular flexibility index (Phi) is 10.3. The third kappa shape index (κ3) is 5.69. The van der Waals surface area contributed by atoms with Gasteiger partial charge in [-0.25, -0.2) is 0 Å². The van der Waals surface area contributed by atoms with Crippen molar-refractivity contribution in [2.45, 2.75) is 52.2 Å². The first-order chi connectivity index (χ1) is 9.95. The van der Waals surface area contributed by atoms with Gasteiger partial charge in [-0.15, -0.1) is 12.4 Å². The van der Waals surface area contributed by atoms with Crippen LogP contribution >= 0.6 is 12.4 Å². The lowest BCUT2D eigenvalue weighted by Crippen LogP contribution is -2.63. The van der Waals surface area contributed by atoms with Crippen LogP contribution < -0.4 is 5.32 Å². The van der Waals surface area contributed by atoms with Gasteiger partial charge in [0.15, 0.2) is 0 Å². The summed E-state index contributed by atoms with van der Waals surface area (Å²) in [5.41, 5.74) is 0.0324. The minimum atomic E-state index is 0. The van der Waals surface area contributed by atoms with Crippen molar-refractivity contribution in [1.29, 1.82) is 0 Å². The zero-order chi connectivity index (χ0) is 15.9. The predicted octanol–water partition coefficient (Wildman–Crippen LogP) is 2.09. The van der Waals surface area contributed by atoms with Gasteiger partial charge >= 0.3 is 0 Å². The van der Waals surface area contributed by atoms with Crippen LogP contribution in [0.5, 0.6) is 0 Å². The fourth-order valence-electron chi connectivity index (χ4n) is 2.84. The maximum atomic E-state index is 12.2. The summed E-state index contributed by atoms with van der Waals surface area (Å²) in [6, 6.07) is 0.265. The molecule has 2 atom stereocenters. The lowest BCUT2D eigenvalue weighted by Gasteiger charge is -2.55. The summed E-state index contributed by atoms with van der Waals surface area (Å²) in [5.74, 6) is 0.135. The average molecular weight is 337 g/mol. The standard InChI is InChI=1S/C16H32N2O3.ClH/c1-6-7-9-21-14-11-13(16(14,2)3)18(4)15(19)12-17-8-10-20-5;/h13-14,17H,6-12H2,1-5H3;1H. The Bertz CT molecular complexity index is 327. The number of carbonyl (C=O) groups is 1. The molecule has 2 unspecified atom stereocenters. The van der Waals surface area contributed by atoms with Crippen LogP contribution in [-0.2, 0) is 14.3 Å². The highest BCUT2D eigenvalue weighted by Gasteiger charge is 2.51. The number of hydrogen-bond donors (Lipinski definition) is 1. The Morgan fingerprint density at radius 1 is 1.36 bits per heavy atom. The molecule has 0 saturated heterocycles. The number of likely N-dealkylation sites (N-methyl/N-ethyl adjacent to an activating group) is 1. The average Bonchev–Trinajstić information content (AvgIpc) is 2.45. The number of nitrogens with zero attached hydrogens (tertiary/aromatic N) is 1. The number of rotatable bonds is 10. The van der Waals surface area contributed by atoms with Crippen molar-refractivity contribution < 1.29 is 14.3 Å². The maximum Gasteiger partial charge on any atom is 0.236 e. The largest absolute Gasteiger partial charge is 0.383 e. The smallest absolute Gasteiger partial charge is 0.236 e. The first-order valence-corrected chi connectivity index (χ1v) is 8.02. The molecule has 0 aromatic rings. The summed E-state index contributed by atoms with van der Waals surface area (Å²) in [5, 5.41) is 3.10. The van der Waals surface area contributed by atoms with E-state index in [1.807, 2.05) is 11.9 Å². The fourth-order valence-corrected chi connectivity index (χ4v) is 2.84. The molecule has 1 aliphatic rings. The van der Waals surface area contributed by atoms with E-state index in [-0.39, 0.29) is 35.9 Å². The molecule has 0 bridgehead atoms. The van der Waals surface area contributed by atoms with Gasteiger partial charge in [-0.3, -0.25) is 4.79 Å². The minimum Gasteiger partial charge on any atom is -0.383 e. The Balaban J connectivity index is 0.00000441. The van der Waals surface area contributed by atoms with Crippen LogP contribution in [0.15, 0.2) is 0 Å².